The summed E-state index contributed by atoms with van der Waals surface area (Å²) < 4.78 is 1.13. The third-order valence-electron chi connectivity index (χ3n) is 5.09. The number of nitrogens with one attached hydrogen (secondary N) is 1. The minimum atomic E-state index is -1.14. The number of amides is 1. The van der Waals surface area contributed by atoms with Crippen LogP contribution in [0, 0.1) is 0 Å². The van der Waals surface area contributed by atoms with Gasteiger partial charge in [-0.2, -0.15) is 0 Å². The maximum absolute atomic E-state index is 13.2. The van der Waals surface area contributed by atoms with Crippen LogP contribution in [0.5, 0.6) is 0 Å². The van der Waals surface area contributed by atoms with Crippen LogP contribution >= 0.6 is 11.3 Å². The summed E-state index contributed by atoms with van der Waals surface area (Å²) in [6.07, 6.45) is 0. The summed E-state index contributed by atoms with van der Waals surface area (Å²) in [6, 6.07) is 29.5. The van der Waals surface area contributed by atoms with Crippen LogP contribution in [0.4, 0.5) is 0 Å². The van der Waals surface area contributed by atoms with Crippen LogP contribution in [0.2, 0.25) is 0 Å². The molecule has 0 radical (unpaired) electrons. The number of carbonyl (C=O) groups excluding carboxylic acids is 1. The van der Waals surface area contributed by atoms with E-state index in [4.69, 9.17) is 0 Å². The molecule has 146 valence electrons. The van der Waals surface area contributed by atoms with Crippen molar-refractivity contribution in [2.24, 2.45) is 0 Å². The Morgan fingerprint density at radius 2 is 1.48 bits per heavy atom. The standard InChI is InChI=1S/C25H23NO2S/c1-25(28,22-16-20-14-8-9-15-21(20)29-22)17-26-24(27)23(18-10-4-2-5-11-18)19-12-6-3-7-13-19/h2-16,23,28H,17H2,1H3,(H,26,27). The lowest BCUT2D eigenvalue weighted by Gasteiger charge is -2.25. The highest BCUT2D eigenvalue weighted by atomic mass is 32.1. The first-order chi connectivity index (χ1) is 14.0. The van der Waals surface area contributed by atoms with E-state index in [-0.39, 0.29) is 12.5 Å². The van der Waals surface area contributed by atoms with E-state index >= 15 is 0 Å². The maximum atomic E-state index is 13.2. The van der Waals surface area contributed by atoms with Crippen LogP contribution in [0.25, 0.3) is 10.1 Å². The highest BCUT2D eigenvalue weighted by molar-refractivity contribution is 7.19. The lowest BCUT2D eigenvalue weighted by molar-refractivity contribution is -0.122. The molecule has 3 aromatic carbocycles. The number of benzene rings is 3. The van der Waals surface area contributed by atoms with Gasteiger partial charge in [0.25, 0.3) is 0 Å². The Labute approximate surface area is 174 Å². The first-order valence-corrected chi connectivity index (χ1v) is 10.5. The Kier molecular flexibility index (Phi) is 5.47. The molecule has 4 rings (SSSR count). The van der Waals surface area contributed by atoms with E-state index in [2.05, 4.69) is 5.32 Å². The Morgan fingerprint density at radius 1 is 0.931 bits per heavy atom. The topological polar surface area (TPSA) is 49.3 Å². The van der Waals surface area contributed by atoms with Gasteiger partial charge in [-0.3, -0.25) is 4.79 Å². The largest absolute Gasteiger partial charge is 0.383 e. The molecular weight excluding hydrogens is 378 g/mol. The number of hydrogen-bond acceptors (Lipinski definition) is 3. The molecule has 0 spiro atoms. The molecule has 4 aromatic rings. The fourth-order valence-electron chi connectivity index (χ4n) is 3.48. The minimum Gasteiger partial charge on any atom is -0.383 e. The molecule has 0 fully saturated rings. The lowest BCUT2D eigenvalue weighted by atomic mass is 9.90. The van der Waals surface area contributed by atoms with Crippen molar-refractivity contribution in [3.63, 3.8) is 0 Å². The summed E-state index contributed by atoms with van der Waals surface area (Å²) in [5, 5.41) is 15.1. The Bertz CT molecular complexity index is 1030. The van der Waals surface area contributed by atoms with Crippen molar-refractivity contribution in [3.8, 4) is 0 Å². The zero-order valence-corrected chi connectivity index (χ0v) is 17.0. The fraction of sp³-hybridized carbons (Fsp3) is 0.160. The Balaban J connectivity index is 1.56. The minimum absolute atomic E-state index is 0.121. The molecule has 29 heavy (non-hydrogen) atoms. The molecule has 1 aromatic heterocycles. The first-order valence-electron chi connectivity index (χ1n) is 9.64. The van der Waals surface area contributed by atoms with E-state index in [1.165, 1.54) is 0 Å². The number of aliphatic hydroxyl groups is 1. The van der Waals surface area contributed by atoms with Crippen molar-refractivity contribution in [2.75, 3.05) is 6.54 Å². The van der Waals surface area contributed by atoms with Crippen LogP contribution < -0.4 is 5.32 Å². The summed E-state index contributed by atoms with van der Waals surface area (Å²) >= 11 is 1.56. The molecule has 1 atom stereocenters. The second-order valence-corrected chi connectivity index (χ2v) is 8.48. The Morgan fingerprint density at radius 3 is 2.07 bits per heavy atom. The van der Waals surface area contributed by atoms with Crippen LogP contribution in [0.15, 0.2) is 91.0 Å². The number of hydrogen-bond donors (Lipinski definition) is 2. The number of thiophene rings is 1. The first kappa shape index (κ1) is 19.4. The molecule has 1 unspecified atom stereocenters. The summed E-state index contributed by atoms with van der Waals surface area (Å²) in [5.41, 5.74) is 0.715. The van der Waals surface area contributed by atoms with E-state index in [0.717, 1.165) is 26.1 Å². The fourth-order valence-corrected chi connectivity index (χ4v) is 4.59. The molecule has 1 amide bonds. The maximum Gasteiger partial charge on any atom is 0.232 e. The predicted octanol–water partition coefficient (Wildman–Crippen LogP) is 5.06. The van der Waals surface area contributed by atoms with Gasteiger partial charge in [0.15, 0.2) is 0 Å². The van der Waals surface area contributed by atoms with Crippen LogP contribution in [0.3, 0.4) is 0 Å². The van der Waals surface area contributed by atoms with Gasteiger partial charge in [0, 0.05) is 9.58 Å². The van der Waals surface area contributed by atoms with Gasteiger partial charge >= 0.3 is 0 Å². The lowest BCUT2D eigenvalue weighted by Crippen LogP contribution is -2.40. The normalized spacial score (nSPS) is 13.3. The molecule has 0 saturated heterocycles. The second-order valence-electron chi connectivity index (χ2n) is 7.39. The summed E-state index contributed by atoms with van der Waals surface area (Å²) in [4.78, 5) is 14.0. The van der Waals surface area contributed by atoms with Gasteiger partial charge in [0.05, 0.1) is 12.5 Å². The van der Waals surface area contributed by atoms with Gasteiger partial charge in [-0.25, -0.2) is 0 Å². The van der Waals surface area contributed by atoms with E-state index in [0.29, 0.717) is 0 Å². The monoisotopic (exact) mass is 401 g/mol. The quantitative estimate of drug-likeness (QED) is 0.475. The van der Waals surface area contributed by atoms with Gasteiger partial charge in [0.2, 0.25) is 5.91 Å². The second kappa shape index (κ2) is 8.19. The van der Waals surface area contributed by atoms with Gasteiger partial charge in [0.1, 0.15) is 5.60 Å². The average Bonchev–Trinajstić information content (AvgIpc) is 3.20. The molecule has 4 heteroatoms. The van der Waals surface area contributed by atoms with E-state index in [9.17, 15) is 9.90 Å². The molecule has 1 heterocycles. The van der Waals surface area contributed by atoms with Crippen molar-refractivity contribution in [1.29, 1.82) is 0 Å². The highest BCUT2D eigenvalue weighted by Crippen LogP contribution is 2.33. The van der Waals surface area contributed by atoms with Crippen molar-refractivity contribution in [2.45, 2.75) is 18.4 Å². The highest BCUT2D eigenvalue weighted by Gasteiger charge is 2.29. The van der Waals surface area contributed by atoms with Crippen LogP contribution in [-0.2, 0) is 10.4 Å². The zero-order chi connectivity index (χ0) is 20.3. The third kappa shape index (κ3) is 4.24. The van der Waals surface area contributed by atoms with Gasteiger partial charge in [-0.1, -0.05) is 78.9 Å². The van der Waals surface area contributed by atoms with Crippen molar-refractivity contribution < 1.29 is 9.90 Å². The molecule has 0 aliphatic heterocycles. The molecular formula is C25H23NO2S. The summed E-state index contributed by atoms with van der Waals surface area (Å²) in [6.45, 7) is 1.90. The average molecular weight is 402 g/mol. The molecule has 2 N–H and O–H groups in total. The van der Waals surface area contributed by atoms with Gasteiger partial charge in [-0.05, 0) is 35.6 Å². The van der Waals surface area contributed by atoms with E-state index in [1.807, 2.05) is 91.0 Å². The number of rotatable bonds is 6. The smallest absolute Gasteiger partial charge is 0.232 e. The summed E-state index contributed by atoms with van der Waals surface area (Å²) in [7, 11) is 0. The molecule has 0 saturated carbocycles. The Hall–Kier alpha value is -2.95. The van der Waals surface area contributed by atoms with E-state index < -0.39 is 11.5 Å². The molecule has 0 aliphatic carbocycles. The molecule has 3 nitrogen and oxygen atoms in total. The van der Waals surface area contributed by atoms with Crippen molar-refractivity contribution >= 4 is 27.3 Å². The number of carbonyl (C=O) groups is 1. The van der Waals surface area contributed by atoms with E-state index in [1.54, 1.807) is 18.3 Å². The predicted molar refractivity (Wildman–Crippen MR) is 119 cm³/mol. The van der Waals surface area contributed by atoms with Crippen molar-refractivity contribution in [3.05, 3.63) is 107 Å². The zero-order valence-electron chi connectivity index (χ0n) is 16.2. The van der Waals surface area contributed by atoms with Gasteiger partial charge < -0.3 is 10.4 Å². The SMILES string of the molecule is CC(O)(CNC(=O)C(c1ccccc1)c1ccccc1)c1cc2ccccc2s1. The van der Waals surface area contributed by atoms with Gasteiger partial charge in [-0.15, -0.1) is 11.3 Å². The van der Waals surface area contributed by atoms with Crippen LogP contribution in [-0.4, -0.2) is 17.6 Å². The third-order valence-corrected chi connectivity index (χ3v) is 6.46. The number of fused-ring (bicyclic) bond motifs is 1. The molecule has 0 aliphatic rings. The molecule has 0 bridgehead atoms. The summed E-state index contributed by atoms with van der Waals surface area (Å²) in [5.74, 6) is -0.542. The van der Waals surface area contributed by atoms with Crippen LogP contribution in [0.1, 0.15) is 28.8 Å². The van der Waals surface area contributed by atoms with Crippen molar-refractivity contribution in [1.82, 2.24) is 5.32 Å².